The molecule has 9 heteroatoms. The van der Waals surface area contributed by atoms with Crippen LogP contribution in [0.25, 0.3) is 22.2 Å². The van der Waals surface area contributed by atoms with E-state index in [-0.39, 0.29) is 17.0 Å². The van der Waals surface area contributed by atoms with E-state index in [0.29, 0.717) is 33.3 Å². The number of hydrogen-bond acceptors (Lipinski definition) is 4. The summed E-state index contributed by atoms with van der Waals surface area (Å²) in [6.07, 6.45) is 1.29. The molecule has 3 heterocycles. The van der Waals surface area contributed by atoms with Gasteiger partial charge >= 0.3 is 0 Å². The highest BCUT2D eigenvalue weighted by atomic mass is 35.5. The van der Waals surface area contributed by atoms with Crippen LogP contribution in [0.5, 0.6) is 0 Å². The lowest BCUT2D eigenvalue weighted by molar-refractivity contribution is 0.594. The molecule has 0 atom stereocenters. The van der Waals surface area contributed by atoms with E-state index in [1.165, 1.54) is 30.6 Å². The van der Waals surface area contributed by atoms with Crippen molar-refractivity contribution in [3.63, 3.8) is 0 Å². The van der Waals surface area contributed by atoms with Crippen molar-refractivity contribution in [2.24, 2.45) is 0 Å². The number of anilines is 2. The van der Waals surface area contributed by atoms with Crippen LogP contribution >= 0.6 is 11.6 Å². The van der Waals surface area contributed by atoms with Crippen LogP contribution in [0.3, 0.4) is 0 Å². The fourth-order valence-electron chi connectivity index (χ4n) is 3.14. The van der Waals surface area contributed by atoms with E-state index in [9.17, 15) is 13.6 Å². The molecule has 0 unspecified atom stereocenters. The molecule has 6 nitrogen and oxygen atoms in total. The van der Waals surface area contributed by atoms with E-state index in [1.807, 2.05) is 13.8 Å². The van der Waals surface area contributed by atoms with Crippen LogP contribution in [0.1, 0.15) is 25.5 Å². The Bertz CT molecular complexity index is 1280. The lowest BCUT2D eigenvalue weighted by Crippen LogP contribution is -2.15. The van der Waals surface area contributed by atoms with E-state index in [1.54, 1.807) is 6.07 Å². The van der Waals surface area contributed by atoms with Crippen LogP contribution in [-0.4, -0.2) is 19.9 Å². The molecule has 0 radical (unpaired) electrons. The van der Waals surface area contributed by atoms with Gasteiger partial charge in [0.1, 0.15) is 23.6 Å². The Morgan fingerprint density at radius 3 is 2.62 bits per heavy atom. The quantitative estimate of drug-likeness (QED) is 0.432. The van der Waals surface area contributed by atoms with E-state index in [0.717, 1.165) is 0 Å². The zero-order valence-electron chi connectivity index (χ0n) is 15.5. The Balaban J connectivity index is 1.89. The smallest absolute Gasteiger partial charge is 0.256 e. The van der Waals surface area contributed by atoms with Crippen LogP contribution in [0.4, 0.5) is 20.3 Å². The number of hydrogen-bond donors (Lipinski definition) is 3. The third-order valence-electron chi connectivity index (χ3n) is 4.51. The normalized spacial score (nSPS) is 11.4. The van der Waals surface area contributed by atoms with Gasteiger partial charge < -0.3 is 15.3 Å². The summed E-state index contributed by atoms with van der Waals surface area (Å²) in [5.74, 6) is -0.818. The summed E-state index contributed by atoms with van der Waals surface area (Å²) in [6.45, 7) is 3.81. The number of aromatic nitrogens is 4. The fraction of sp³-hybridized carbons (Fsp3) is 0.150. The molecule has 3 aromatic heterocycles. The minimum atomic E-state index is -0.569. The first-order chi connectivity index (χ1) is 13.8. The average molecular weight is 416 g/mol. The highest BCUT2D eigenvalue weighted by Crippen LogP contribution is 2.31. The standard InChI is InChI=1S/C20H16ClF2N5O/c1-9(2)17-15(26-18-13-7-16(23)27-19(13)25-8-24-18)6-12(20(29)28-17)11-5-10(21)3-4-14(11)22/h3-9H,1-2H3,(H,28,29)(H2,24,25,26,27). The van der Waals surface area contributed by atoms with Crippen molar-refractivity contribution in [1.29, 1.82) is 0 Å². The summed E-state index contributed by atoms with van der Waals surface area (Å²) >= 11 is 5.99. The third kappa shape index (κ3) is 3.58. The van der Waals surface area contributed by atoms with Crippen molar-refractivity contribution in [3.8, 4) is 11.1 Å². The molecule has 0 bridgehead atoms. The van der Waals surface area contributed by atoms with Crippen molar-refractivity contribution in [2.75, 3.05) is 5.32 Å². The third-order valence-corrected chi connectivity index (χ3v) is 4.75. The zero-order chi connectivity index (χ0) is 20.7. The monoisotopic (exact) mass is 415 g/mol. The largest absolute Gasteiger partial charge is 0.338 e. The van der Waals surface area contributed by atoms with Crippen molar-refractivity contribution >= 4 is 34.1 Å². The second kappa shape index (κ2) is 7.29. The number of nitrogens with zero attached hydrogens (tertiary/aromatic N) is 2. The van der Waals surface area contributed by atoms with Gasteiger partial charge in [0, 0.05) is 22.3 Å². The van der Waals surface area contributed by atoms with Gasteiger partial charge in [0.25, 0.3) is 5.56 Å². The number of halogens is 3. The van der Waals surface area contributed by atoms with Crippen LogP contribution in [0, 0.1) is 11.8 Å². The van der Waals surface area contributed by atoms with E-state index >= 15 is 0 Å². The van der Waals surface area contributed by atoms with Crippen LogP contribution in [0.15, 0.2) is 41.5 Å². The van der Waals surface area contributed by atoms with Gasteiger partial charge in [0.2, 0.25) is 0 Å². The minimum Gasteiger partial charge on any atom is -0.338 e. The molecule has 1 aromatic carbocycles. The molecule has 0 amide bonds. The summed E-state index contributed by atoms with van der Waals surface area (Å²) < 4.78 is 28.0. The van der Waals surface area contributed by atoms with Gasteiger partial charge in [-0.15, -0.1) is 0 Å². The van der Waals surface area contributed by atoms with Gasteiger partial charge in [-0.05, 0) is 30.2 Å². The Kier molecular flexibility index (Phi) is 4.79. The van der Waals surface area contributed by atoms with Gasteiger partial charge in [-0.1, -0.05) is 25.4 Å². The average Bonchev–Trinajstić information content (AvgIpc) is 3.06. The molecule has 0 saturated carbocycles. The second-order valence-electron chi connectivity index (χ2n) is 6.85. The SMILES string of the molecule is CC(C)c1[nH]c(=O)c(-c2cc(Cl)ccc2F)cc1Nc1ncnc2[nH]c(F)cc12. The zero-order valence-corrected chi connectivity index (χ0v) is 16.2. The van der Waals surface area contributed by atoms with Gasteiger partial charge in [0.05, 0.1) is 16.6 Å². The molecular weight excluding hydrogens is 400 g/mol. The van der Waals surface area contributed by atoms with E-state index in [4.69, 9.17) is 11.6 Å². The molecule has 0 aliphatic carbocycles. The number of benzene rings is 1. The molecule has 4 aromatic rings. The molecule has 0 aliphatic rings. The first-order valence-corrected chi connectivity index (χ1v) is 9.20. The fourth-order valence-corrected chi connectivity index (χ4v) is 3.31. The molecular formula is C20H16ClF2N5O. The van der Waals surface area contributed by atoms with Crippen molar-refractivity contribution in [1.82, 2.24) is 19.9 Å². The molecule has 29 heavy (non-hydrogen) atoms. The predicted molar refractivity (Wildman–Crippen MR) is 109 cm³/mol. The number of fused-ring (bicyclic) bond motifs is 1. The molecule has 0 aliphatic heterocycles. The van der Waals surface area contributed by atoms with Crippen molar-refractivity contribution in [2.45, 2.75) is 19.8 Å². The Labute approximate surface area is 169 Å². The maximum Gasteiger partial charge on any atom is 0.256 e. The summed E-state index contributed by atoms with van der Waals surface area (Å²) in [6, 6.07) is 6.83. The lowest BCUT2D eigenvalue weighted by atomic mass is 10.0. The highest BCUT2D eigenvalue weighted by Gasteiger charge is 2.17. The number of pyridine rings is 1. The summed E-state index contributed by atoms with van der Waals surface area (Å²) in [5.41, 5.74) is 1.19. The predicted octanol–water partition coefficient (Wildman–Crippen LogP) is 5.11. The van der Waals surface area contributed by atoms with Crippen molar-refractivity contribution < 1.29 is 8.78 Å². The van der Waals surface area contributed by atoms with Gasteiger partial charge in [-0.2, -0.15) is 4.39 Å². The van der Waals surface area contributed by atoms with Gasteiger partial charge in [-0.3, -0.25) is 4.79 Å². The second-order valence-corrected chi connectivity index (χ2v) is 7.28. The Morgan fingerprint density at radius 1 is 1.07 bits per heavy atom. The van der Waals surface area contributed by atoms with E-state index < -0.39 is 17.3 Å². The topological polar surface area (TPSA) is 86.5 Å². The number of nitrogens with one attached hydrogen (secondary N) is 3. The van der Waals surface area contributed by atoms with Crippen molar-refractivity contribution in [3.05, 3.63) is 69.5 Å². The van der Waals surface area contributed by atoms with E-state index in [2.05, 4.69) is 25.3 Å². The molecule has 148 valence electrons. The summed E-state index contributed by atoms with van der Waals surface area (Å²) in [5, 5.41) is 3.87. The lowest BCUT2D eigenvalue weighted by Gasteiger charge is -2.16. The maximum absolute atomic E-state index is 14.4. The first kappa shape index (κ1) is 19.1. The highest BCUT2D eigenvalue weighted by molar-refractivity contribution is 6.30. The molecule has 0 fully saturated rings. The molecule has 0 spiro atoms. The Hall–Kier alpha value is -3.26. The van der Waals surface area contributed by atoms with Crippen LogP contribution in [0.2, 0.25) is 5.02 Å². The summed E-state index contributed by atoms with van der Waals surface area (Å²) in [4.78, 5) is 26.1. The number of H-pyrrole nitrogens is 2. The van der Waals surface area contributed by atoms with Crippen LogP contribution < -0.4 is 10.9 Å². The molecule has 3 N–H and O–H groups in total. The number of rotatable bonds is 4. The first-order valence-electron chi connectivity index (χ1n) is 8.82. The summed E-state index contributed by atoms with van der Waals surface area (Å²) in [7, 11) is 0. The maximum atomic E-state index is 14.4. The van der Waals surface area contributed by atoms with Gasteiger partial charge in [-0.25, -0.2) is 14.4 Å². The number of aromatic amines is 2. The minimum absolute atomic E-state index is 0.0521. The molecule has 0 saturated heterocycles. The van der Waals surface area contributed by atoms with Gasteiger partial charge in [0.15, 0.2) is 5.95 Å². The molecule has 4 rings (SSSR count). The Morgan fingerprint density at radius 2 is 1.86 bits per heavy atom. The van der Waals surface area contributed by atoms with Crippen LogP contribution in [-0.2, 0) is 0 Å².